The smallest absolute Gasteiger partial charge is 0.304 e. The van der Waals surface area contributed by atoms with E-state index in [0.717, 1.165) is 18.8 Å². The van der Waals surface area contributed by atoms with Gasteiger partial charge in [0.25, 0.3) is 0 Å². The van der Waals surface area contributed by atoms with Gasteiger partial charge < -0.3 is 9.63 Å². The zero-order valence-corrected chi connectivity index (χ0v) is 14.4. The lowest BCUT2D eigenvalue weighted by Gasteiger charge is -2.21. The minimum Gasteiger partial charge on any atom is -0.481 e. The lowest BCUT2D eigenvalue weighted by molar-refractivity contribution is -0.137. The first kappa shape index (κ1) is 18.3. The van der Waals surface area contributed by atoms with E-state index in [-0.39, 0.29) is 35.6 Å². The molecule has 2 aromatic rings. The second-order valence-corrected chi connectivity index (χ2v) is 6.76. The van der Waals surface area contributed by atoms with Crippen LogP contribution in [0.5, 0.6) is 0 Å². The first-order valence-electron chi connectivity index (χ1n) is 8.95. The Kier molecular flexibility index (Phi) is 6.16. The Morgan fingerprint density at radius 1 is 1.23 bits per heavy atom. The summed E-state index contributed by atoms with van der Waals surface area (Å²) in [6.07, 6.45) is 9.07. The average molecular weight is 365 g/mol. The van der Waals surface area contributed by atoms with Gasteiger partial charge in [0, 0.05) is 5.92 Å². The summed E-state index contributed by atoms with van der Waals surface area (Å²) in [5, 5.41) is 29.0. The molecule has 10 nitrogen and oxygen atoms in total. The minimum absolute atomic E-state index is 0.0376. The molecular weight excluding hydrogens is 342 g/mol. The molecular formula is C16H23N5O5. The number of hydrogen-bond acceptors (Lipinski definition) is 9. The largest absolute Gasteiger partial charge is 0.481 e. The Morgan fingerprint density at radius 3 is 2.77 bits per heavy atom. The second-order valence-electron chi connectivity index (χ2n) is 6.76. The summed E-state index contributed by atoms with van der Waals surface area (Å²) in [6.45, 7) is 0. The van der Waals surface area contributed by atoms with E-state index in [0.29, 0.717) is 6.42 Å². The van der Waals surface area contributed by atoms with E-state index >= 15 is 0 Å². The monoisotopic (exact) mass is 365 g/mol. The number of nitrogens with one attached hydrogen (secondary N) is 1. The fourth-order valence-electron chi connectivity index (χ4n) is 3.56. The highest BCUT2D eigenvalue weighted by molar-refractivity contribution is 5.68. The van der Waals surface area contributed by atoms with Crippen LogP contribution < -0.4 is 5.48 Å². The Morgan fingerprint density at radius 2 is 2.04 bits per heavy atom. The molecule has 0 saturated heterocycles. The third-order valence-electron chi connectivity index (χ3n) is 4.91. The highest BCUT2D eigenvalue weighted by Gasteiger charge is 2.25. The van der Waals surface area contributed by atoms with Gasteiger partial charge in [-0.2, -0.15) is 4.98 Å². The maximum atomic E-state index is 11.2. The second kappa shape index (κ2) is 8.75. The van der Waals surface area contributed by atoms with Crippen molar-refractivity contribution < 1.29 is 24.3 Å². The van der Waals surface area contributed by atoms with E-state index in [4.69, 9.17) is 9.73 Å². The number of aliphatic carboxylic acids is 1. The van der Waals surface area contributed by atoms with Crippen LogP contribution in [0.25, 0.3) is 11.5 Å². The molecule has 1 saturated carbocycles. The number of anilines is 1. The maximum Gasteiger partial charge on any atom is 0.304 e. The molecule has 0 aromatic carbocycles. The molecule has 0 bridgehead atoms. The van der Waals surface area contributed by atoms with E-state index in [1.165, 1.54) is 32.1 Å². The van der Waals surface area contributed by atoms with Crippen LogP contribution in [0.1, 0.15) is 69.6 Å². The van der Waals surface area contributed by atoms with E-state index in [2.05, 4.69) is 25.1 Å². The number of nitrogens with zero attached hydrogens (tertiary/aromatic N) is 4. The zero-order chi connectivity index (χ0) is 18.4. The molecule has 1 atom stereocenters. The molecule has 2 heterocycles. The average Bonchev–Trinajstić information content (AvgIpc) is 3.30. The van der Waals surface area contributed by atoms with Gasteiger partial charge in [0.05, 0.1) is 6.42 Å². The summed E-state index contributed by atoms with van der Waals surface area (Å²) in [5.41, 5.74) is 1.93. The van der Waals surface area contributed by atoms with Crippen molar-refractivity contribution in [2.45, 2.75) is 63.7 Å². The van der Waals surface area contributed by atoms with Gasteiger partial charge in [-0.05, 0) is 22.7 Å². The molecule has 26 heavy (non-hydrogen) atoms. The lowest BCUT2D eigenvalue weighted by atomic mass is 9.84. The van der Waals surface area contributed by atoms with Crippen molar-refractivity contribution in [1.29, 1.82) is 0 Å². The van der Waals surface area contributed by atoms with Crippen molar-refractivity contribution in [3.05, 3.63) is 5.89 Å². The Balaban J connectivity index is 1.64. The maximum absolute atomic E-state index is 11.2. The van der Waals surface area contributed by atoms with Crippen molar-refractivity contribution in [2.75, 3.05) is 5.48 Å². The van der Waals surface area contributed by atoms with Crippen LogP contribution in [0.4, 0.5) is 5.82 Å². The third-order valence-corrected chi connectivity index (χ3v) is 4.91. The summed E-state index contributed by atoms with van der Waals surface area (Å²) in [6, 6.07) is 0. The van der Waals surface area contributed by atoms with Gasteiger partial charge in [0.1, 0.15) is 0 Å². The number of rotatable bonds is 9. The van der Waals surface area contributed by atoms with Crippen LogP contribution in [0.3, 0.4) is 0 Å². The van der Waals surface area contributed by atoms with Crippen LogP contribution in [0.15, 0.2) is 9.15 Å². The van der Waals surface area contributed by atoms with Crippen LogP contribution in [-0.4, -0.2) is 36.7 Å². The topological polar surface area (TPSA) is 147 Å². The summed E-state index contributed by atoms with van der Waals surface area (Å²) >= 11 is 0. The Bertz CT molecular complexity index is 709. The molecule has 1 aliphatic rings. The van der Waals surface area contributed by atoms with Crippen LogP contribution in [0, 0.1) is 5.92 Å². The molecule has 0 unspecified atom stereocenters. The van der Waals surface area contributed by atoms with Gasteiger partial charge >= 0.3 is 5.97 Å². The van der Waals surface area contributed by atoms with Crippen molar-refractivity contribution in [3.63, 3.8) is 0 Å². The summed E-state index contributed by atoms with van der Waals surface area (Å²) < 4.78 is 9.77. The fraction of sp³-hybridized carbons (Fsp3) is 0.688. The SMILES string of the molecule is O=C(O)C[C@@H](CCCC1CCCCC1)c1nc(-c2nonc2NO)no1. The molecule has 3 N–H and O–H groups in total. The lowest BCUT2D eigenvalue weighted by Crippen LogP contribution is -2.10. The predicted molar refractivity (Wildman–Crippen MR) is 88.4 cm³/mol. The fourth-order valence-corrected chi connectivity index (χ4v) is 3.56. The molecule has 1 fully saturated rings. The Hall–Kier alpha value is -2.49. The Labute approximate surface area is 149 Å². The molecule has 1 aliphatic carbocycles. The first-order valence-corrected chi connectivity index (χ1v) is 8.95. The molecule has 0 aliphatic heterocycles. The van der Waals surface area contributed by atoms with Gasteiger partial charge in [0.2, 0.25) is 23.2 Å². The molecule has 10 heteroatoms. The van der Waals surface area contributed by atoms with Crippen LogP contribution in [-0.2, 0) is 4.79 Å². The quantitative estimate of drug-likeness (QED) is 0.565. The summed E-state index contributed by atoms with van der Waals surface area (Å²) in [7, 11) is 0. The molecule has 0 spiro atoms. The highest BCUT2D eigenvalue weighted by atomic mass is 16.6. The standard InChI is InChI=1S/C16H23N5O5/c22-12(23)9-11(8-4-7-10-5-2-1-3-6-10)16-17-14(20-25-16)13-15(18-24)21-26-19-13/h10-11,24H,1-9H2,(H,18,21)(H,22,23)/t11-/m1/s1. The van der Waals surface area contributed by atoms with Crippen molar-refractivity contribution in [2.24, 2.45) is 5.92 Å². The molecule has 2 aromatic heterocycles. The first-order chi connectivity index (χ1) is 12.7. The number of carboxylic acid groups (broad SMARTS) is 1. The minimum atomic E-state index is -0.909. The van der Waals surface area contributed by atoms with Crippen molar-refractivity contribution in [3.8, 4) is 11.5 Å². The predicted octanol–water partition coefficient (Wildman–Crippen LogP) is 3.23. The molecule has 0 radical (unpaired) electrons. The van der Waals surface area contributed by atoms with E-state index in [1.807, 2.05) is 5.48 Å². The number of hydrogen-bond donors (Lipinski definition) is 3. The number of carboxylic acids is 1. The van der Waals surface area contributed by atoms with Gasteiger partial charge in [0.15, 0.2) is 0 Å². The zero-order valence-electron chi connectivity index (χ0n) is 14.4. The van der Waals surface area contributed by atoms with E-state index in [1.54, 1.807) is 0 Å². The van der Waals surface area contributed by atoms with Gasteiger partial charge in [-0.15, -0.1) is 0 Å². The van der Waals surface area contributed by atoms with Gasteiger partial charge in [-0.25, -0.2) is 10.1 Å². The normalized spacial score (nSPS) is 16.5. The van der Waals surface area contributed by atoms with Crippen molar-refractivity contribution >= 4 is 11.8 Å². The van der Waals surface area contributed by atoms with Crippen LogP contribution >= 0.6 is 0 Å². The number of carbonyl (C=O) groups is 1. The highest BCUT2D eigenvalue weighted by Crippen LogP contribution is 2.32. The molecule has 3 rings (SSSR count). The van der Waals surface area contributed by atoms with Gasteiger partial charge in [-0.1, -0.05) is 50.1 Å². The summed E-state index contributed by atoms with van der Waals surface area (Å²) in [5.74, 6) is -0.231. The van der Waals surface area contributed by atoms with Crippen molar-refractivity contribution in [1.82, 2.24) is 20.5 Å². The molecule has 142 valence electrons. The van der Waals surface area contributed by atoms with Crippen LogP contribution in [0.2, 0.25) is 0 Å². The number of aromatic nitrogens is 4. The third kappa shape index (κ3) is 4.57. The summed E-state index contributed by atoms with van der Waals surface area (Å²) in [4.78, 5) is 15.4. The molecule has 0 amide bonds. The van der Waals surface area contributed by atoms with E-state index in [9.17, 15) is 9.90 Å². The van der Waals surface area contributed by atoms with Gasteiger partial charge in [-0.3, -0.25) is 10.0 Å². The van der Waals surface area contributed by atoms with E-state index < -0.39 is 5.97 Å².